The van der Waals surface area contributed by atoms with E-state index in [0.717, 1.165) is 0 Å². The first kappa shape index (κ1) is 13.7. The zero-order valence-electron chi connectivity index (χ0n) is 7.12. The van der Waals surface area contributed by atoms with Crippen LogP contribution >= 0.6 is 0 Å². The van der Waals surface area contributed by atoms with Gasteiger partial charge in [0.05, 0.1) is 18.5 Å². The summed E-state index contributed by atoms with van der Waals surface area (Å²) in [7, 11) is -4.63. The first-order valence-electron chi connectivity index (χ1n) is 3.48. The van der Waals surface area contributed by atoms with Crippen molar-refractivity contribution in [2.24, 2.45) is 0 Å². The van der Waals surface area contributed by atoms with E-state index in [-0.39, 0.29) is 6.79 Å². The third-order valence-electron chi connectivity index (χ3n) is 1.22. The van der Waals surface area contributed by atoms with Crippen LogP contribution in [0.5, 0.6) is 0 Å². The standard InChI is InChI=1S/C5H12O8S/c6-3-12-4-11-1-5(2-13-7)14(8,9)10/h5-7H,1-4H2,(H,8,9,10)/p-2. The van der Waals surface area contributed by atoms with Crippen molar-refractivity contribution in [3.8, 4) is 0 Å². The third-order valence-corrected chi connectivity index (χ3v) is 2.31. The van der Waals surface area contributed by atoms with E-state index in [1.54, 1.807) is 0 Å². The lowest BCUT2D eigenvalue weighted by molar-refractivity contribution is -0.689. The van der Waals surface area contributed by atoms with Crippen molar-refractivity contribution in [2.45, 2.75) is 5.25 Å². The van der Waals surface area contributed by atoms with Crippen LogP contribution in [0, 0.1) is 0 Å². The molecule has 0 bridgehead atoms. The van der Waals surface area contributed by atoms with Crippen molar-refractivity contribution in [1.29, 1.82) is 0 Å². The fourth-order valence-electron chi connectivity index (χ4n) is 0.566. The van der Waals surface area contributed by atoms with Crippen molar-refractivity contribution in [3.63, 3.8) is 0 Å². The molecule has 0 aromatic carbocycles. The van der Waals surface area contributed by atoms with Gasteiger partial charge in [0.2, 0.25) is 0 Å². The number of aliphatic hydroxyl groups excluding tert-OH is 1. The summed E-state index contributed by atoms with van der Waals surface area (Å²) in [5, 5.41) is 16.2. The van der Waals surface area contributed by atoms with Crippen LogP contribution in [0.3, 0.4) is 0 Å². The first-order chi connectivity index (χ1) is 6.52. The summed E-state index contributed by atoms with van der Waals surface area (Å²) >= 11 is 0. The van der Waals surface area contributed by atoms with E-state index in [9.17, 15) is 18.2 Å². The smallest absolute Gasteiger partial charge is 0.149 e. The number of ether oxygens (including phenoxy) is 2. The highest BCUT2D eigenvalue weighted by molar-refractivity contribution is 7.86. The normalized spacial score (nSPS) is 14.2. The maximum Gasteiger partial charge on any atom is 0.149 e. The van der Waals surface area contributed by atoms with Crippen molar-refractivity contribution in [3.05, 3.63) is 0 Å². The Labute approximate surface area is 80.7 Å². The third kappa shape index (κ3) is 6.21. The van der Waals surface area contributed by atoms with Gasteiger partial charge in [-0.3, -0.25) is 0 Å². The summed E-state index contributed by atoms with van der Waals surface area (Å²) in [6, 6.07) is 0. The average molecular weight is 230 g/mol. The van der Waals surface area contributed by atoms with Crippen LogP contribution in [0.25, 0.3) is 0 Å². The van der Waals surface area contributed by atoms with E-state index in [0.29, 0.717) is 0 Å². The molecule has 0 amide bonds. The van der Waals surface area contributed by atoms with Gasteiger partial charge in [-0.05, 0) is 0 Å². The number of rotatable bonds is 8. The SMILES string of the molecule is O=S(=O)([O-])C(CO[O-])COCOCO. The Morgan fingerprint density at radius 3 is 2.36 bits per heavy atom. The molecule has 0 saturated carbocycles. The van der Waals surface area contributed by atoms with Gasteiger partial charge in [-0.25, -0.2) is 8.42 Å². The van der Waals surface area contributed by atoms with E-state index in [1.807, 2.05) is 0 Å². The van der Waals surface area contributed by atoms with E-state index in [4.69, 9.17) is 5.11 Å². The van der Waals surface area contributed by atoms with Crippen molar-refractivity contribution >= 4 is 10.1 Å². The highest BCUT2D eigenvalue weighted by atomic mass is 32.2. The van der Waals surface area contributed by atoms with Gasteiger partial charge in [-0.15, -0.1) is 0 Å². The molecular weight excluding hydrogens is 220 g/mol. The molecule has 0 aliphatic carbocycles. The molecule has 8 nitrogen and oxygen atoms in total. The predicted molar refractivity (Wildman–Crippen MR) is 38.4 cm³/mol. The maximum atomic E-state index is 10.4. The highest BCUT2D eigenvalue weighted by Crippen LogP contribution is 1.99. The second kappa shape index (κ2) is 7.06. The van der Waals surface area contributed by atoms with Crippen LogP contribution in [0.4, 0.5) is 0 Å². The fraction of sp³-hybridized carbons (Fsp3) is 1.00. The Bertz CT molecular complexity index is 224. The van der Waals surface area contributed by atoms with Gasteiger partial charge in [0, 0.05) is 0 Å². The molecule has 0 aromatic heterocycles. The Morgan fingerprint density at radius 2 is 1.93 bits per heavy atom. The minimum absolute atomic E-state index is 0.374. The molecule has 1 atom stereocenters. The van der Waals surface area contributed by atoms with Crippen LogP contribution in [-0.4, -0.2) is 50.1 Å². The molecule has 86 valence electrons. The molecule has 9 heteroatoms. The van der Waals surface area contributed by atoms with Crippen LogP contribution in [0.2, 0.25) is 0 Å². The molecule has 0 aliphatic heterocycles. The van der Waals surface area contributed by atoms with E-state index >= 15 is 0 Å². The molecule has 0 radical (unpaired) electrons. The van der Waals surface area contributed by atoms with Gasteiger partial charge in [-0.1, -0.05) is 0 Å². The van der Waals surface area contributed by atoms with E-state index in [1.165, 1.54) is 0 Å². The van der Waals surface area contributed by atoms with E-state index < -0.39 is 35.4 Å². The molecule has 0 saturated heterocycles. The summed E-state index contributed by atoms with van der Waals surface area (Å²) in [4.78, 5) is 3.29. The molecular formula is C5H10O8S-2. The van der Waals surface area contributed by atoms with E-state index in [2.05, 4.69) is 14.4 Å². The second-order valence-electron chi connectivity index (χ2n) is 2.22. The Balaban J connectivity index is 3.87. The Kier molecular flexibility index (Phi) is 6.92. The monoisotopic (exact) mass is 230 g/mol. The molecule has 0 spiro atoms. The largest absolute Gasteiger partial charge is 0.748 e. The lowest BCUT2D eigenvalue weighted by Crippen LogP contribution is -2.33. The molecule has 0 rings (SSSR count). The molecule has 0 aliphatic rings. The molecule has 14 heavy (non-hydrogen) atoms. The lowest BCUT2D eigenvalue weighted by atomic mass is 10.5. The minimum Gasteiger partial charge on any atom is -0.748 e. The van der Waals surface area contributed by atoms with Crippen LogP contribution < -0.4 is 5.26 Å². The average Bonchev–Trinajstić information content (AvgIpc) is 2.08. The zero-order valence-corrected chi connectivity index (χ0v) is 7.94. The van der Waals surface area contributed by atoms with Gasteiger partial charge in [0.25, 0.3) is 0 Å². The van der Waals surface area contributed by atoms with Crippen molar-refractivity contribution < 1.29 is 37.7 Å². The molecule has 0 fully saturated rings. The summed E-state index contributed by atoms with van der Waals surface area (Å²) in [6.07, 6.45) is 0. The van der Waals surface area contributed by atoms with Gasteiger partial charge in [0.1, 0.15) is 23.7 Å². The van der Waals surface area contributed by atoms with Gasteiger partial charge < -0.3 is 29.3 Å². The highest BCUT2D eigenvalue weighted by Gasteiger charge is 2.15. The summed E-state index contributed by atoms with van der Waals surface area (Å²) in [5.41, 5.74) is 0. The van der Waals surface area contributed by atoms with Crippen LogP contribution in [-0.2, 0) is 24.5 Å². The van der Waals surface area contributed by atoms with Crippen molar-refractivity contribution in [2.75, 3.05) is 26.8 Å². The van der Waals surface area contributed by atoms with Gasteiger partial charge in [0.15, 0.2) is 0 Å². The topological polar surface area (TPSA) is 128 Å². The lowest BCUT2D eigenvalue weighted by Gasteiger charge is -2.21. The Morgan fingerprint density at radius 1 is 1.29 bits per heavy atom. The summed E-state index contributed by atoms with van der Waals surface area (Å²) in [6.45, 7) is -2.27. The minimum atomic E-state index is -4.63. The number of hydrogen-bond acceptors (Lipinski definition) is 8. The molecule has 1 unspecified atom stereocenters. The summed E-state index contributed by atoms with van der Waals surface area (Å²) < 4.78 is 40.1. The molecule has 1 N–H and O–H groups in total. The zero-order chi connectivity index (χ0) is 11.0. The molecule has 0 heterocycles. The van der Waals surface area contributed by atoms with Gasteiger partial charge >= 0.3 is 0 Å². The van der Waals surface area contributed by atoms with Crippen LogP contribution in [0.15, 0.2) is 0 Å². The number of hydrogen-bond donors (Lipinski definition) is 1. The first-order valence-corrected chi connectivity index (χ1v) is 4.95. The van der Waals surface area contributed by atoms with Gasteiger partial charge in [-0.2, -0.15) is 0 Å². The Hall–Kier alpha value is -0.290. The number of aliphatic hydroxyl groups is 1. The maximum absolute atomic E-state index is 10.4. The molecule has 0 aromatic rings. The fourth-order valence-corrected chi connectivity index (χ4v) is 1.05. The predicted octanol–water partition coefficient (Wildman–Crippen LogP) is -2.87. The second-order valence-corrected chi connectivity index (χ2v) is 3.87. The van der Waals surface area contributed by atoms with Crippen molar-refractivity contribution in [1.82, 2.24) is 0 Å². The van der Waals surface area contributed by atoms with Crippen LogP contribution in [0.1, 0.15) is 0 Å². The summed E-state index contributed by atoms with van der Waals surface area (Å²) in [5.74, 6) is 0. The quantitative estimate of drug-likeness (QED) is 0.155.